The molecule has 0 saturated carbocycles. The lowest BCUT2D eigenvalue weighted by atomic mass is 10.2. The zero-order valence-electron chi connectivity index (χ0n) is 10.9. The fourth-order valence-corrected chi connectivity index (χ4v) is 4.27. The van der Waals surface area contributed by atoms with Crippen LogP contribution in [0.4, 0.5) is 0 Å². The Morgan fingerprint density at radius 2 is 2.05 bits per heavy atom. The van der Waals surface area contributed by atoms with Gasteiger partial charge < -0.3 is 0 Å². The molecule has 0 aliphatic heterocycles. The molecular formula is C14H14N2O2S2. The lowest BCUT2D eigenvalue weighted by Gasteiger charge is -2.16. The summed E-state index contributed by atoms with van der Waals surface area (Å²) in [7, 11) is -3.71. The van der Waals surface area contributed by atoms with Crippen molar-refractivity contribution >= 4 is 21.4 Å². The van der Waals surface area contributed by atoms with E-state index in [0.29, 0.717) is 6.42 Å². The Bertz CT molecular complexity index is 716. The SMILES string of the molecule is CCC(NS(=O)(=O)c1ccccc1C#N)c1cccs1. The van der Waals surface area contributed by atoms with Crippen molar-refractivity contribution in [3.63, 3.8) is 0 Å². The normalized spacial score (nSPS) is 12.8. The molecule has 20 heavy (non-hydrogen) atoms. The molecule has 1 N–H and O–H groups in total. The summed E-state index contributed by atoms with van der Waals surface area (Å²) in [5, 5.41) is 10.9. The van der Waals surface area contributed by atoms with E-state index >= 15 is 0 Å². The van der Waals surface area contributed by atoms with Gasteiger partial charge in [-0.15, -0.1) is 11.3 Å². The maximum Gasteiger partial charge on any atom is 0.242 e. The first-order valence-electron chi connectivity index (χ1n) is 6.13. The van der Waals surface area contributed by atoms with Crippen LogP contribution in [0.25, 0.3) is 0 Å². The number of nitrogens with one attached hydrogen (secondary N) is 1. The predicted molar refractivity (Wildman–Crippen MR) is 78.8 cm³/mol. The van der Waals surface area contributed by atoms with Crippen LogP contribution < -0.4 is 4.72 Å². The lowest BCUT2D eigenvalue weighted by Crippen LogP contribution is -2.28. The Labute approximate surface area is 122 Å². The van der Waals surface area contributed by atoms with E-state index in [2.05, 4.69) is 4.72 Å². The van der Waals surface area contributed by atoms with Gasteiger partial charge in [0, 0.05) is 4.88 Å². The largest absolute Gasteiger partial charge is 0.242 e. The lowest BCUT2D eigenvalue weighted by molar-refractivity contribution is 0.553. The molecule has 2 rings (SSSR count). The van der Waals surface area contributed by atoms with E-state index in [9.17, 15) is 8.42 Å². The number of sulfonamides is 1. The maximum atomic E-state index is 12.4. The van der Waals surface area contributed by atoms with Gasteiger partial charge in [0.05, 0.1) is 16.5 Å². The summed E-state index contributed by atoms with van der Waals surface area (Å²) in [6.45, 7) is 1.92. The van der Waals surface area contributed by atoms with Crippen LogP contribution in [0.1, 0.15) is 29.8 Å². The van der Waals surface area contributed by atoms with Gasteiger partial charge in [-0.3, -0.25) is 0 Å². The molecule has 0 radical (unpaired) electrons. The summed E-state index contributed by atoms with van der Waals surface area (Å²) in [4.78, 5) is 0.989. The standard InChI is InChI=1S/C14H14N2O2S2/c1-2-12(13-7-5-9-19-13)16-20(17,18)14-8-4-3-6-11(14)10-15/h3-9,12,16H,2H2,1H3. The summed E-state index contributed by atoms with van der Waals surface area (Å²) in [5.74, 6) is 0. The first-order chi connectivity index (χ1) is 9.58. The Morgan fingerprint density at radius 3 is 2.65 bits per heavy atom. The van der Waals surface area contributed by atoms with Gasteiger partial charge in [0.15, 0.2) is 0 Å². The molecule has 0 aliphatic rings. The monoisotopic (exact) mass is 306 g/mol. The third-order valence-electron chi connectivity index (χ3n) is 2.89. The molecule has 1 heterocycles. The summed E-state index contributed by atoms with van der Waals surface area (Å²) < 4.78 is 27.5. The smallest absolute Gasteiger partial charge is 0.207 e. The van der Waals surface area contributed by atoms with Gasteiger partial charge in [0.1, 0.15) is 6.07 Å². The first kappa shape index (κ1) is 14.7. The molecule has 104 valence electrons. The highest BCUT2D eigenvalue weighted by molar-refractivity contribution is 7.89. The maximum absolute atomic E-state index is 12.4. The van der Waals surface area contributed by atoms with Crippen LogP contribution >= 0.6 is 11.3 Å². The van der Waals surface area contributed by atoms with Crippen molar-refractivity contribution in [2.24, 2.45) is 0 Å². The predicted octanol–water partition coefficient (Wildman–Crippen LogP) is 3.05. The molecule has 0 aliphatic carbocycles. The summed E-state index contributed by atoms with van der Waals surface area (Å²) in [6.07, 6.45) is 0.647. The van der Waals surface area contributed by atoms with Gasteiger partial charge in [-0.2, -0.15) is 5.26 Å². The molecular weight excluding hydrogens is 292 g/mol. The Morgan fingerprint density at radius 1 is 1.30 bits per heavy atom. The van der Waals surface area contributed by atoms with Gasteiger partial charge in [-0.25, -0.2) is 13.1 Å². The van der Waals surface area contributed by atoms with Crippen LogP contribution in [0.5, 0.6) is 0 Å². The minimum Gasteiger partial charge on any atom is -0.207 e. The summed E-state index contributed by atoms with van der Waals surface area (Å²) in [6, 6.07) is 11.6. The molecule has 0 saturated heterocycles. The number of thiophene rings is 1. The zero-order chi connectivity index (χ0) is 14.6. The molecule has 1 atom stereocenters. The van der Waals surface area contributed by atoms with Crippen molar-refractivity contribution in [3.8, 4) is 6.07 Å². The molecule has 0 amide bonds. The van der Waals surface area contributed by atoms with Crippen LogP contribution in [-0.2, 0) is 10.0 Å². The van der Waals surface area contributed by atoms with Crippen LogP contribution in [0.15, 0.2) is 46.7 Å². The highest BCUT2D eigenvalue weighted by Gasteiger charge is 2.23. The first-order valence-corrected chi connectivity index (χ1v) is 8.49. The Balaban J connectivity index is 2.34. The third kappa shape index (κ3) is 3.07. The quantitative estimate of drug-likeness (QED) is 0.923. The van der Waals surface area contributed by atoms with Gasteiger partial charge in [-0.05, 0) is 30.0 Å². The van der Waals surface area contributed by atoms with Crippen LogP contribution in [0, 0.1) is 11.3 Å². The molecule has 0 spiro atoms. The number of rotatable bonds is 5. The molecule has 1 aromatic carbocycles. The molecule has 0 fully saturated rings. The van der Waals surface area contributed by atoms with E-state index in [0.717, 1.165) is 4.88 Å². The number of nitrogens with zero attached hydrogens (tertiary/aromatic N) is 1. The molecule has 4 nitrogen and oxygen atoms in total. The van der Waals surface area contributed by atoms with E-state index in [1.807, 2.05) is 30.5 Å². The average molecular weight is 306 g/mol. The minimum absolute atomic E-state index is 0.0255. The average Bonchev–Trinajstić information content (AvgIpc) is 2.98. The second kappa shape index (κ2) is 6.18. The fraction of sp³-hybridized carbons (Fsp3) is 0.214. The van der Waals surface area contributed by atoms with Crippen molar-refractivity contribution in [2.45, 2.75) is 24.3 Å². The van der Waals surface area contributed by atoms with Crippen molar-refractivity contribution in [1.82, 2.24) is 4.72 Å². The van der Waals surface area contributed by atoms with Gasteiger partial charge >= 0.3 is 0 Å². The molecule has 6 heteroatoms. The van der Waals surface area contributed by atoms with Gasteiger partial charge in [0.2, 0.25) is 10.0 Å². The molecule has 1 aromatic heterocycles. The fourth-order valence-electron chi connectivity index (χ4n) is 1.88. The topological polar surface area (TPSA) is 70.0 Å². The number of hydrogen-bond acceptors (Lipinski definition) is 4. The van der Waals surface area contributed by atoms with E-state index in [-0.39, 0.29) is 16.5 Å². The van der Waals surface area contributed by atoms with E-state index < -0.39 is 10.0 Å². The summed E-state index contributed by atoms with van der Waals surface area (Å²) >= 11 is 1.51. The van der Waals surface area contributed by atoms with E-state index in [1.165, 1.54) is 23.5 Å². The number of hydrogen-bond donors (Lipinski definition) is 1. The molecule has 0 bridgehead atoms. The minimum atomic E-state index is -3.71. The van der Waals surface area contributed by atoms with Crippen molar-refractivity contribution in [3.05, 3.63) is 52.2 Å². The van der Waals surface area contributed by atoms with Crippen molar-refractivity contribution in [2.75, 3.05) is 0 Å². The zero-order valence-corrected chi connectivity index (χ0v) is 12.5. The van der Waals surface area contributed by atoms with E-state index in [4.69, 9.17) is 5.26 Å². The van der Waals surface area contributed by atoms with Crippen molar-refractivity contribution in [1.29, 1.82) is 5.26 Å². The number of benzene rings is 1. The van der Waals surface area contributed by atoms with Crippen molar-refractivity contribution < 1.29 is 8.42 Å². The third-order valence-corrected chi connectivity index (χ3v) is 5.41. The van der Waals surface area contributed by atoms with E-state index in [1.54, 1.807) is 12.1 Å². The highest BCUT2D eigenvalue weighted by Crippen LogP contribution is 2.25. The second-order valence-corrected chi connectivity index (χ2v) is 6.87. The Kier molecular flexibility index (Phi) is 4.55. The van der Waals surface area contributed by atoms with Crippen LogP contribution in [0.2, 0.25) is 0 Å². The number of nitriles is 1. The summed E-state index contributed by atoms with van der Waals surface area (Å²) in [5.41, 5.74) is 0.154. The van der Waals surface area contributed by atoms with Crippen LogP contribution in [-0.4, -0.2) is 8.42 Å². The van der Waals surface area contributed by atoms with Gasteiger partial charge in [0.25, 0.3) is 0 Å². The molecule has 2 aromatic rings. The highest BCUT2D eigenvalue weighted by atomic mass is 32.2. The Hall–Kier alpha value is -1.68. The van der Waals surface area contributed by atoms with Gasteiger partial charge in [-0.1, -0.05) is 25.1 Å². The van der Waals surface area contributed by atoms with Crippen LogP contribution in [0.3, 0.4) is 0 Å². The molecule has 1 unspecified atom stereocenters. The second-order valence-electron chi connectivity index (χ2n) is 4.21.